The van der Waals surface area contributed by atoms with Crippen molar-refractivity contribution in [2.45, 2.75) is 13.5 Å². The molecule has 0 saturated heterocycles. The van der Waals surface area contributed by atoms with Crippen molar-refractivity contribution < 1.29 is 3.87 Å². The van der Waals surface area contributed by atoms with E-state index in [0.717, 1.165) is 12.0 Å². The molecule has 0 aromatic heterocycles. The zero-order valence-electron chi connectivity index (χ0n) is 9.23. The zero-order valence-corrected chi connectivity index (χ0v) is 11.1. The summed E-state index contributed by atoms with van der Waals surface area (Å²) in [4.78, 5) is 0. The quantitative estimate of drug-likeness (QED) is 0.434. The van der Waals surface area contributed by atoms with Gasteiger partial charge in [-0.1, -0.05) is 35.5 Å². The topological polar surface area (TPSA) is 9.23 Å². The van der Waals surface area contributed by atoms with Crippen LogP contribution in [0.3, 0.4) is 0 Å². The van der Waals surface area contributed by atoms with Crippen LogP contribution >= 0.6 is 0 Å². The fourth-order valence-corrected chi connectivity index (χ4v) is 4.20. The smallest absolute Gasteiger partial charge is 0.213 e. The monoisotopic (exact) mass is 237 g/mol. The van der Waals surface area contributed by atoms with Crippen molar-refractivity contribution in [2.75, 3.05) is 0 Å². The maximum Gasteiger partial charge on any atom is 0.319 e. The average Bonchev–Trinajstić information content (AvgIpc) is 2.27. The van der Waals surface area contributed by atoms with Crippen LogP contribution < -0.4 is 5.19 Å². The molecule has 0 saturated carbocycles. The first kappa shape index (κ1) is 12.3. The van der Waals surface area contributed by atoms with Gasteiger partial charge < -0.3 is 0 Å². The normalized spacial score (nSPS) is 14.3. The summed E-state index contributed by atoms with van der Waals surface area (Å²) in [5.41, 5.74) is 3.22. The Morgan fingerprint density at radius 2 is 1.87 bits per heavy atom. The number of thiol groups is 1. The van der Waals surface area contributed by atoms with Crippen molar-refractivity contribution in [1.82, 2.24) is 0 Å². The van der Waals surface area contributed by atoms with E-state index in [4.69, 9.17) is 3.87 Å². The van der Waals surface area contributed by atoms with E-state index in [1.807, 2.05) is 5.70 Å². The summed E-state index contributed by atoms with van der Waals surface area (Å²) in [5, 5.41) is 3.00. The number of rotatable bonds is 5. The van der Waals surface area contributed by atoms with E-state index in [0.29, 0.717) is 0 Å². The van der Waals surface area contributed by atoms with Gasteiger partial charge in [0.1, 0.15) is 17.5 Å². The minimum Gasteiger partial charge on any atom is -0.213 e. The van der Waals surface area contributed by atoms with Crippen LogP contribution in [0, 0.1) is 6.92 Å². The number of aryl methyl sites for hydroxylation is 1. The molecule has 1 aromatic rings. The Morgan fingerprint density at radius 3 is 2.33 bits per heavy atom. The maximum absolute atomic E-state index is 5.83. The molecule has 1 rings (SSSR count). The molecule has 0 aliphatic heterocycles. The van der Waals surface area contributed by atoms with Gasteiger partial charge in [-0.05, 0) is 25.2 Å². The third-order valence-corrected chi connectivity index (χ3v) is 6.68. The highest BCUT2D eigenvalue weighted by Crippen LogP contribution is 2.09. The van der Waals surface area contributed by atoms with Crippen molar-refractivity contribution in [3.05, 3.63) is 54.1 Å². The van der Waals surface area contributed by atoms with Gasteiger partial charge >= 0.3 is 8.32 Å². The number of hydrogen-bond acceptors (Lipinski definition) is 1. The highest BCUT2D eigenvalue weighted by molar-refractivity contribution is 7.78. The van der Waals surface area contributed by atoms with Crippen LogP contribution in [0.4, 0.5) is 0 Å². The molecule has 80 valence electrons. The average molecular weight is 237 g/mol. The molecule has 0 N–H and O–H groups in total. The standard InChI is InChI=1S/C12H16OSSi/c1-5-14-13-15(4,6-2)12-9-7-11(3)8-10-12/h5-10H,1-2H2,3-4H3/p+1. The fraction of sp³-hybridized carbons (Fsp3) is 0.167. The van der Waals surface area contributed by atoms with E-state index in [9.17, 15) is 0 Å². The molecule has 0 spiro atoms. The molecule has 0 radical (unpaired) electrons. The van der Waals surface area contributed by atoms with Gasteiger partial charge in [0.15, 0.2) is 0 Å². The van der Waals surface area contributed by atoms with Crippen LogP contribution in [-0.2, 0) is 15.9 Å². The van der Waals surface area contributed by atoms with Gasteiger partial charge in [-0.3, -0.25) is 0 Å². The van der Waals surface area contributed by atoms with Crippen LogP contribution in [0.15, 0.2) is 48.5 Å². The Hall–Kier alpha value is -0.773. The lowest BCUT2D eigenvalue weighted by Gasteiger charge is -2.16. The van der Waals surface area contributed by atoms with Crippen LogP contribution in [0.1, 0.15) is 5.56 Å². The van der Waals surface area contributed by atoms with Crippen molar-refractivity contribution >= 4 is 25.5 Å². The lowest BCUT2D eigenvalue weighted by molar-refractivity contribution is 0.668. The molecule has 15 heavy (non-hydrogen) atoms. The Balaban J connectivity index is 2.94. The zero-order chi connectivity index (χ0) is 11.3. The van der Waals surface area contributed by atoms with Gasteiger partial charge in [0.2, 0.25) is 0 Å². The Kier molecular flexibility index (Phi) is 4.39. The second-order valence-electron chi connectivity index (χ2n) is 3.56. The first-order valence-electron chi connectivity index (χ1n) is 4.82. The molecule has 0 heterocycles. The van der Waals surface area contributed by atoms with Gasteiger partial charge in [-0.15, -0.1) is 6.58 Å². The van der Waals surface area contributed by atoms with Gasteiger partial charge in [-0.25, -0.2) is 3.87 Å². The lowest BCUT2D eigenvalue weighted by Crippen LogP contribution is -2.45. The maximum atomic E-state index is 5.83. The van der Waals surface area contributed by atoms with Crippen LogP contribution in [0.25, 0.3) is 0 Å². The van der Waals surface area contributed by atoms with Crippen molar-refractivity contribution in [1.29, 1.82) is 0 Å². The summed E-state index contributed by atoms with van der Waals surface area (Å²) in [6, 6.07) is 8.47. The SMILES string of the molecule is C=C[SH+]O[Si](C)(C=C)c1ccc(C)cc1. The Bertz CT molecular complexity index is 347. The van der Waals surface area contributed by atoms with Gasteiger partial charge in [0, 0.05) is 0 Å². The van der Waals surface area contributed by atoms with Crippen molar-refractivity contribution in [2.24, 2.45) is 0 Å². The third kappa shape index (κ3) is 3.09. The molecule has 0 bridgehead atoms. The molecular formula is C12H17OSSi+. The first-order chi connectivity index (χ1) is 7.12. The summed E-state index contributed by atoms with van der Waals surface area (Å²) in [6.45, 7) is 11.8. The summed E-state index contributed by atoms with van der Waals surface area (Å²) < 4.78 is 5.83. The highest BCUT2D eigenvalue weighted by atomic mass is 32.2. The van der Waals surface area contributed by atoms with Gasteiger partial charge in [0.05, 0.1) is 0 Å². The fourth-order valence-electron chi connectivity index (χ4n) is 1.24. The van der Waals surface area contributed by atoms with Crippen molar-refractivity contribution in [3.8, 4) is 0 Å². The van der Waals surface area contributed by atoms with E-state index in [1.165, 1.54) is 10.8 Å². The predicted molar refractivity (Wildman–Crippen MR) is 72.7 cm³/mol. The number of benzene rings is 1. The summed E-state index contributed by atoms with van der Waals surface area (Å²) in [6.07, 6.45) is 0. The highest BCUT2D eigenvalue weighted by Gasteiger charge is 2.32. The minimum absolute atomic E-state index is 0.822. The molecule has 1 aromatic carbocycles. The molecule has 3 heteroatoms. The van der Waals surface area contributed by atoms with E-state index in [1.54, 1.807) is 5.41 Å². The molecule has 1 unspecified atom stereocenters. The first-order valence-corrected chi connectivity index (χ1v) is 8.19. The molecule has 1 atom stereocenters. The summed E-state index contributed by atoms with van der Waals surface area (Å²) in [5.74, 6) is 0. The minimum atomic E-state index is -1.96. The molecule has 0 amide bonds. The summed E-state index contributed by atoms with van der Waals surface area (Å²) in [7, 11) is -1.96. The molecule has 0 fully saturated rings. The summed E-state index contributed by atoms with van der Waals surface area (Å²) >= 11 is 0.822. The third-order valence-electron chi connectivity index (χ3n) is 2.33. The number of hydrogen-bond donors (Lipinski definition) is 0. The van der Waals surface area contributed by atoms with Gasteiger partial charge in [0.25, 0.3) is 0 Å². The van der Waals surface area contributed by atoms with E-state index >= 15 is 0 Å². The molecular weight excluding hydrogens is 220 g/mol. The Morgan fingerprint density at radius 1 is 1.27 bits per heavy atom. The lowest BCUT2D eigenvalue weighted by atomic mass is 10.2. The van der Waals surface area contributed by atoms with Crippen molar-refractivity contribution in [3.63, 3.8) is 0 Å². The van der Waals surface area contributed by atoms with Crippen LogP contribution in [0.5, 0.6) is 0 Å². The Labute approximate surface area is 97.2 Å². The molecule has 1 nitrogen and oxygen atoms in total. The molecule has 0 aliphatic rings. The second-order valence-corrected chi connectivity index (χ2v) is 8.06. The van der Waals surface area contributed by atoms with E-state index in [-0.39, 0.29) is 0 Å². The van der Waals surface area contributed by atoms with Gasteiger partial charge in [-0.2, -0.15) is 0 Å². The predicted octanol–water partition coefficient (Wildman–Crippen LogP) is 2.39. The van der Waals surface area contributed by atoms with E-state index < -0.39 is 8.32 Å². The van der Waals surface area contributed by atoms with E-state index in [2.05, 4.69) is 50.9 Å². The largest absolute Gasteiger partial charge is 0.319 e. The van der Waals surface area contributed by atoms with Crippen LogP contribution in [-0.4, -0.2) is 8.32 Å². The van der Waals surface area contributed by atoms with Crippen LogP contribution in [0.2, 0.25) is 6.55 Å². The molecule has 0 aliphatic carbocycles. The second kappa shape index (κ2) is 5.35.